The van der Waals surface area contributed by atoms with Gasteiger partial charge in [-0.15, -0.1) is 0 Å². The summed E-state index contributed by atoms with van der Waals surface area (Å²) < 4.78 is 0. The van der Waals surface area contributed by atoms with Crippen LogP contribution in [0.1, 0.15) is 57.8 Å². The van der Waals surface area contributed by atoms with Gasteiger partial charge in [-0.3, -0.25) is 4.79 Å². The Morgan fingerprint density at radius 3 is 2.71 bits per heavy atom. The van der Waals surface area contributed by atoms with Crippen molar-refractivity contribution in [1.82, 2.24) is 10.6 Å². The molecule has 0 aromatic heterocycles. The Morgan fingerprint density at radius 1 is 1.18 bits per heavy atom. The molecule has 3 nitrogen and oxygen atoms in total. The number of carbonyl (C=O) groups is 1. The zero-order valence-corrected chi connectivity index (χ0v) is 10.8. The van der Waals surface area contributed by atoms with Crippen molar-refractivity contribution in [2.45, 2.75) is 63.8 Å². The SMILES string of the molecule is O=C(CCCC1CCCC1)NC1CCCNC1. The highest BCUT2D eigenvalue weighted by Crippen LogP contribution is 2.28. The van der Waals surface area contributed by atoms with E-state index in [9.17, 15) is 4.79 Å². The molecule has 0 spiro atoms. The average molecular weight is 238 g/mol. The molecule has 1 aliphatic heterocycles. The van der Waals surface area contributed by atoms with Gasteiger partial charge in [0.25, 0.3) is 0 Å². The first-order valence-electron chi connectivity index (χ1n) is 7.34. The van der Waals surface area contributed by atoms with Gasteiger partial charge in [-0.25, -0.2) is 0 Å². The van der Waals surface area contributed by atoms with Crippen molar-refractivity contribution in [3.63, 3.8) is 0 Å². The summed E-state index contributed by atoms with van der Waals surface area (Å²) in [5.74, 6) is 1.18. The lowest BCUT2D eigenvalue weighted by Crippen LogP contribution is -2.45. The summed E-state index contributed by atoms with van der Waals surface area (Å²) in [4.78, 5) is 11.7. The van der Waals surface area contributed by atoms with E-state index in [0.717, 1.165) is 38.3 Å². The zero-order chi connectivity index (χ0) is 11.9. The number of rotatable bonds is 5. The number of piperidine rings is 1. The van der Waals surface area contributed by atoms with Crippen LogP contribution in [0.25, 0.3) is 0 Å². The third-order valence-corrected chi connectivity index (χ3v) is 4.15. The minimum atomic E-state index is 0.261. The second-order valence-corrected chi connectivity index (χ2v) is 5.65. The van der Waals surface area contributed by atoms with Crippen molar-refractivity contribution in [2.75, 3.05) is 13.1 Å². The largest absolute Gasteiger partial charge is 0.352 e. The number of amides is 1. The quantitative estimate of drug-likeness (QED) is 0.771. The molecular weight excluding hydrogens is 212 g/mol. The van der Waals surface area contributed by atoms with Crippen LogP contribution in [-0.2, 0) is 4.79 Å². The third kappa shape index (κ3) is 4.66. The van der Waals surface area contributed by atoms with E-state index in [1.165, 1.54) is 38.5 Å². The molecule has 0 radical (unpaired) electrons. The van der Waals surface area contributed by atoms with Crippen molar-refractivity contribution >= 4 is 5.91 Å². The molecular formula is C14H26N2O. The van der Waals surface area contributed by atoms with E-state index in [0.29, 0.717) is 6.04 Å². The highest BCUT2D eigenvalue weighted by molar-refractivity contribution is 5.76. The Kier molecular flexibility index (Phi) is 5.30. The van der Waals surface area contributed by atoms with Gasteiger partial charge in [-0.05, 0) is 38.1 Å². The van der Waals surface area contributed by atoms with Crippen LogP contribution < -0.4 is 10.6 Å². The lowest BCUT2D eigenvalue weighted by molar-refractivity contribution is -0.122. The summed E-state index contributed by atoms with van der Waals surface area (Å²) in [6.45, 7) is 2.06. The maximum absolute atomic E-state index is 11.7. The van der Waals surface area contributed by atoms with E-state index in [-0.39, 0.29) is 5.91 Å². The van der Waals surface area contributed by atoms with Crippen LogP contribution in [0.5, 0.6) is 0 Å². The van der Waals surface area contributed by atoms with E-state index in [4.69, 9.17) is 0 Å². The smallest absolute Gasteiger partial charge is 0.220 e. The molecule has 1 amide bonds. The van der Waals surface area contributed by atoms with Gasteiger partial charge < -0.3 is 10.6 Å². The fourth-order valence-electron chi connectivity index (χ4n) is 3.13. The summed E-state index contributed by atoms with van der Waals surface area (Å²) in [7, 11) is 0. The maximum Gasteiger partial charge on any atom is 0.220 e. The number of hydrogen-bond acceptors (Lipinski definition) is 2. The summed E-state index contributed by atoms with van der Waals surface area (Å²) in [5.41, 5.74) is 0. The van der Waals surface area contributed by atoms with Crippen molar-refractivity contribution in [3.05, 3.63) is 0 Å². The van der Waals surface area contributed by atoms with Gasteiger partial charge in [0.05, 0.1) is 0 Å². The predicted octanol–water partition coefficient (Wildman–Crippen LogP) is 2.22. The standard InChI is InChI=1S/C14H26N2O/c17-14(16-13-8-4-10-15-11-13)9-3-7-12-5-1-2-6-12/h12-13,15H,1-11H2,(H,16,17). The molecule has 17 heavy (non-hydrogen) atoms. The Balaban J connectivity index is 1.53. The van der Waals surface area contributed by atoms with Gasteiger partial charge in [0.2, 0.25) is 5.91 Å². The molecule has 98 valence electrons. The molecule has 2 fully saturated rings. The highest BCUT2D eigenvalue weighted by Gasteiger charge is 2.17. The molecule has 1 saturated carbocycles. The lowest BCUT2D eigenvalue weighted by atomic mass is 10.0. The van der Waals surface area contributed by atoms with E-state index in [1.807, 2.05) is 0 Å². The van der Waals surface area contributed by atoms with E-state index >= 15 is 0 Å². The lowest BCUT2D eigenvalue weighted by Gasteiger charge is -2.23. The first-order valence-corrected chi connectivity index (χ1v) is 7.34. The normalized spacial score (nSPS) is 26.0. The maximum atomic E-state index is 11.7. The minimum absolute atomic E-state index is 0.261. The molecule has 2 rings (SSSR count). The Labute approximate surface area is 105 Å². The second kappa shape index (κ2) is 7.00. The van der Waals surface area contributed by atoms with Gasteiger partial charge >= 0.3 is 0 Å². The molecule has 0 bridgehead atoms. The van der Waals surface area contributed by atoms with E-state index in [1.54, 1.807) is 0 Å². The number of carbonyl (C=O) groups excluding carboxylic acids is 1. The average Bonchev–Trinajstić information content (AvgIpc) is 2.83. The van der Waals surface area contributed by atoms with Crippen molar-refractivity contribution < 1.29 is 4.79 Å². The predicted molar refractivity (Wildman–Crippen MR) is 69.8 cm³/mol. The van der Waals surface area contributed by atoms with Crippen molar-refractivity contribution in [3.8, 4) is 0 Å². The van der Waals surface area contributed by atoms with Crippen LogP contribution >= 0.6 is 0 Å². The van der Waals surface area contributed by atoms with Gasteiger partial charge in [-0.2, -0.15) is 0 Å². The van der Waals surface area contributed by atoms with Crippen molar-refractivity contribution in [1.29, 1.82) is 0 Å². The molecule has 0 aromatic rings. The first-order chi connectivity index (χ1) is 8.34. The Hall–Kier alpha value is -0.570. The van der Waals surface area contributed by atoms with Crippen LogP contribution in [-0.4, -0.2) is 25.0 Å². The van der Waals surface area contributed by atoms with Crippen LogP contribution in [0.2, 0.25) is 0 Å². The summed E-state index contributed by atoms with van der Waals surface area (Å²) in [6.07, 6.45) is 11.0. The molecule has 1 aliphatic carbocycles. The molecule has 2 N–H and O–H groups in total. The molecule has 1 unspecified atom stereocenters. The summed E-state index contributed by atoms with van der Waals surface area (Å²) in [5, 5.41) is 6.47. The fraction of sp³-hybridized carbons (Fsp3) is 0.929. The minimum Gasteiger partial charge on any atom is -0.352 e. The van der Waals surface area contributed by atoms with Gasteiger partial charge in [0, 0.05) is 19.0 Å². The second-order valence-electron chi connectivity index (χ2n) is 5.65. The Morgan fingerprint density at radius 2 is 2.00 bits per heavy atom. The van der Waals surface area contributed by atoms with E-state index in [2.05, 4.69) is 10.6 Å². The molecule has 1 heterocycles. The molecule has 1 atom stereocenters. The van der Waals surface area contributed by atoms with Crippen LogP contribution in [0, 0.1) is 5.92 Å². The number of nitrogens with one attached hydrogen (secondary N) is 2. The van der Waals surface area contributed by atoms with Gasteiger partial charge in [0.1, 0.15) is 0 Å². The monoisotopic (exact) mass is 238 g/mol. The highest BCUT2D eigenvalue weighted by atomic mass is 16.1. The van der Waals surface area contributed by atoms with Gasteiger partial charge in [0.15, 0.2) is 0 Å². The molecule has 2 aliphatic rings. The summed E-state index contributed by atoms with van der Waals surface area (Å²) >= 11 is 0. The van der Waals surface area contributed by atoms with Crippen LogP contribution in [0.3, 0.4) is 0 Å². The Bertz CT molecular complexity index is 230. The van der Waals surface area contributed by atoms with Crippen molar-refractivity contribution in [2.24, 2.45) is 5.92 Å². The zero-order valence-electron chi connectivity index (χ0n) is 10.8. The molecule has 1 saturated heterocycles. The molecule has 0 aromatic carbocycles. The first kappa shape index (κ1) is 12.9. The van der Waals surface area contributed by atoms with E-state index < -0.39 is 0 Å². The number of hydrogen-bond donors (Lipinski definition) is 2. The van der Waals surface area contributed by atoms with Gasteiger partial charge in [-0.1, -0.05) is 25.7 Å². The van der Waals surface area contributed by atoms with Crippen LogP contribution in [0.4, 0.5) is 0 Å². The third-order valence-electron chi connectivity index (χ3n) is 4.15. The fourth-order valence-corrected chi connectivity index (χ4v) is 3.13. The topological polar surface area (TPSA) is 41.1 Å². The van der Waals surface area contributed by atoms with Crippen LogP contribution in [0.15, 0.2) is 0 Å². The molecule has 3 heteroatoms. The summed E-state index contributed by atoms with van der Waals surface area (Å²) in [6, 6.07) is 0.378.